The van der Waals surface area contributed by atoms with E-state index in [2.05, 4.69) is 11.6 Å². The van der Waals surface area contributed by atoms with E-state index in [0.717, 1.165) is 0 Å². The van der Waals surface area contributed by atoms with Gasteiger partial charge in [0.1, 0.15) is 0 Å². The third-order valence-corrected chi connectivity index (χ3v) is 1.81. The van der Waals surface area contributed by atoms with Crippen LogP contribution in [0.3, 0.4) is 0 Å². The van der Waals surface area contributed by atoms with Gasteiger partial charge in [-0.3, -0.25) is 4.79 Å². The zero-order valence-corrected chi connectivity index (χ0v) is 6.70. The Kier molecular flexibility index (Phi) is 2.08. The van der Waals surface area contributed by atoms with Gasteiger partial charge in [0.15, 0.2) is 0 Å². The minimum atomic E-state index is -0.220. The largest absolute Gasteiger partial charge is 0.408 e. The molecule has 1 aliphatic heterocycles. The van der Waals surface area contributed by atoms with Gasteiger partial charge in [-0.2, -0.15) is 0 Å². The Balaban J connectivity index is 2.84. The average Bonchev–Trinajstić information content (AvgIpc) is 1.99. The molecule has 2 atom stereocenters. The molecule has 0 aromatic rings. The summed E-state index contributed by atoms with van der Waals surface area (Å²) >= 11 is 0. The van der Waals surface area contributed by atoms with Gasteiger partial charge in [0.2, 0.25) is 5.90 Å². The molecule has 60 valence electrons. The number of nitrogens with zero attached hydrogens (tertiary/aromatic N) is 1. The van der Waals surface area contributed by atoms with Crippen molar-refractivity contribution in [3.8, 4) is 0 Å². The molecule has 11 heavy (non-hydrogen) atoms. The second-order valence-electron chi connectivity index (χ2n) is 2.62. The lowest BCUT2D eigenvalue weighted by atomic mass is 10.0. The van der Waals surface area contributed by atoms with Gasteiger partial charge in [-0.15, -0.1) is 0 Å². The van der Waals surface area contributed by atoms with Gasteiger partial charge in [0.25, 0.3) is 0 Å². The van der Waals surface area contributed by atoms with Crippen LogP contribution < -0.4 is 0 Å². The lowest BCUT2D eigenvalue weighted by Crippen LogP contribution is -2.31. The maximum atomic E-state index is 11.0. The van der Waals surface area contributed by atoms with Gasteiger partial charge >= 0.3 is 5.97 Å². The Morgan fingerprint density at radius 2 is 2.27 bits per heavy atom. The molecule has 3 nitrogen and oxygen atoms in total. The minimum Gasteiger partial charge on any atom is -0.408 e. The first-order valence-corrected chi connectivity index (χ1v) is 3.57. The van der Waals surface area contributed by atoms with Crippen LogP contribution >= 0.6 is 0 Å². The van der Waals surface area contributed by atoms with Crippen LogP contribution in [0.25, 0.3) is 0 Å². The van der Waals surface area contributed by atoms with E-state index in [9.17, 15) is 4.79 Å². The number of ether oxygens (including phenoxy) is 1. The lowest BCUT2D eigenvalue weighted by molar-refractivity contribution is -0.141. The molecule has 0 fully saturated rings. The molecule has 0 aromatic heterocycles. The molecule has 0 amide bonds. The van der Waals surface area contributed by atoms with E-state index < -0.39 is 0 Å². The Morgan fingerprint density at radius 1 is 1.64 bits per heavy atom. The topological polar surface area (TPSA) is 38.7 Å². The number of carbonyl (C=O) groups is 1. The highest BCUT2D eigenvalue weighted by atomic mass is 16.5. The number of hydrogen-bond donors (Lipinski definition) is 0. The Hall–Kier alpha value is -1.12. The highest BCUT2D eigenvalue weighted by Gasteiger charge is 2.26. The van der Waals surface area contributed by atoms with Crippen molar-refractivity contribution in [1.82, 2.24) is 0 Å². The molecule has 2 unspecified atom stereocenters. The van der Waals surface area contributed by atoms with Gasteiger partial charge in [0.05, 0.1) is 12.0 Å². The highest BCUT2D eigenvalue weighted by Crippen LogP contribution is 2.14. The SMILES string of the molecule is C=CC1=NC(C)C(C)C(=O)O1. The Labute approximate surface area is 65.8 Å². The Bertz CT molecular complexity index is 220. The van der Waals surface area contributed by atoms with E-state index in [1.54, 1.807) is 6.92 Å². The number of hydrogen-bond acceptors (Lipinski definition) is 3. The number of carbonyl (C=O) groups excluding carboxylic acids is 1. The van der Waals surface area contributed by atoms with E-state index in [-0.39, 0.29) is 17.9 Å². The summed E-state index contributed by atoms with van der Waals surface area (Å²) < 4.78 is 4.81. The first-order valence-electron chi connectivity index (χ1n) is 3.57. The molecular weight excluding hydrogens is 142 g/mol. The van der Waals surface area contributed by atoms with Crippen LogP contribution in [0.5, 0.6) is 0 Å². The molecular formula is C8H11NO2. The predicted molar refractivity (Wildman–Crippen MR) is 42.4 cm³/mol. The van der Waals surface area contributed by atoms with Crippen molar-refractivity contribution < 1.29 is 9.53 Å². The maximum Gasteiger partial charge on any atom is 0.317 e. The van der Waals surface area contributed by atoms with Gasteiger partial charge < -0.3 is 4.74 Å². The third kappa shape index (κ3) is 1.48. The van der Waals surface area contributed by atoms with Crippen molar-refractivity contribution in [2.24, 2.45) is 10.9 Å². The van der Waals surface area contributed by atoms with Crippen LogP contribution in [0.1, 0.15) is 13.8 Å². The van der Waals surface area contributed by atoms with Crippen molar-refractivity contribution >= 4 is 11.9 Å². The Morgan fingerprint density at radius 3 is 2.73 bits per heavy atom. The van der Waals surface area contributed by atoms with Crippen LogP contribution in [0.4, 0.5) is 0 Å². The fourth-order valence-electron chi connectivity index (χ4n) is 0.826. The summed E-state index contributed by atoms with van der Waals surface area (Å²) in [6.07, 6.45) is 1.44. The van der Waals surface area contributed by atoms with Crippen molar-refractivity contribution in [3.63, 3.8) is 0 Å². The summed E-state index contributed by atoms with van der Waals surface area (Å²) in [7, 11) is 0. The summed E-state index contributed by atoms with van der Waals surface area (Å²) in [5, 5.41) is 0. The molecule has 0 saturated heterocycles. The first kappa shape index (κ1) is 7.98. The molecule has 0 aromatic carbocycles. The van der Waals surface area contributed by atoms with Crippen LogP contribution in [0, 0.1) is 5.92 Å². The first-order chi connectivity index (χ1) is 5.15. The van der Waals surface area contributed by atoms with E-state index in [4.69, 9.17) is 4.74 Å². The molecule has 0 saturated carbocycles. The van der Waals surface area contributed by atoms with Crippen LogP contribution in [-0.2, 0) is 9.53 Å². The summed E-state index contributed by atoms with van der Waals surface area (Å²) in [6.45, 7) is 7.16. The highest BCUT2D eigenvalue weighted by molar-refractivity contribution is 5.98. The van der Waals surface area contributed by atoms with Gasteiger partial charge in [-0.25, -0.2) is 4.99 Å². The molecule has 0 aliphatic carbocycles. The fraction of sp³-hybridized carbons (Fsp3) is 0.500. The van der Waals surface area contributed by atoms with E-state index >= 15 is 0 Å². The summed E-state index contributed by atoms with van der Waals surface area (Å²) in [4.78, 5) is 15.1. The molecule has 0 radical (unpaired) electrons. The van der Waals surface area contributed by atoms with E-state index in [1.165, 1.54) is 6.08 Å². The minimum absolute atomic E-state index is 0.00394. The summed E-state index contributed by atoms with van der Waals surface area (Å²) in [5.74, 6) is -0.0262. The fourth-order valence-corrected chi connectivity index (χ4v) is 0.826. The van der Waals surface area contributed by atoms with E-state index in [1.807, 2.05) is 6.92 Å². The molecule has 3 heteroatoms. The number of aliphatic imine (C=N–C) groups is 1. The van der Waals surface area contributed by atoms with Gasteiger partial charge in [-0.05, 0) is 19.9 Å². The number of cyclic esters (lactones) is 1. The smallest absolute Gasteiger partial charge is 0.317 e. The van der Waals surface area contributed by atoms with Gasteiger partial charge in [-0.1, -0.05) is 6.58 Å². The van der Waals surface area contributed by atoms with E-state index in [0.29, 0.717) is 5.90 Å². The zero-order valence-electron chi connectivity index (χ0n) is 6.70. The van der Waals surface area contributed by atoms with Crippen molar-refractivity contribution in [1.29, 1.82) is 0 Å². The second kappa shape index (κ2) is 2.86. The average molecular weight is 153 g/mol. The standard InChI is InChI=1S/C8H11NO2/c1-4-7-9-6(3)5(2)8(10)11-7/h4-6H,1H2,2-3H3. The van der Waals surface area contributed by atoms with Crippen molar-refractivity contribution in [2.75, 3.05) is 0 Å². The summed E-state index contributed by atoms with van der Waals surface area (Å²) in [6, 6.07) is 0.00394. The maximum absolute atomic E-state index is 11.0. The lowest BCUT2D eigenvalue weighted by Gasteiger charge is -2.20. The summed E-state index contributed by atoms with van der Waals surface area (Å²) in [5.41, 5.74) is 0. The molecule has 0 bridgehead atoms. The molecule has 1 aliphatic rings. The normalized spacial score (nSPS) is 30.7. The molecule has 1 rings (SSSR count). The van der Waals surface area contributed by atoms with Crippen LogP contribution in [-0.4, -0.2) is 17.9 Å². The molecule has 1 heterocycles. The number of rotatable bonds is 1. The van der Waals surface area contributed by atoms with Crippen molar-refractivity contribution in [3.05, 3.63) is 12.7 Å². The van der Waals surface area contributed by atoms with Crippen LogP contribution in [0.15, 0.2) is 17.6 Å². The quantitative estimate of drug-likeness (QED) is 0.530. The molecule has 0 spiro atoms. The second-order valence-corrected chi connectivity index (χ2v) is 2.62. The molecule has 0 N–H and O–H groups in total. The van der Waals surface area contributed by atoms with Crippen LogP contribution in [0.2, 0.25) is 0 Å². The number of esters is 1. The van der Waals surface area contributed by atoms with Gasteiger partial charge in [0, 0.05) is 0 Å². The zero-order chi connectivity index (χ0) is 8.43. The third-order valence-electron chi connectivity index (χ3n) is 1.81. The predicted octanol–water partition coefficient (Wildman–Crippen LogP) is 1.15. The van der Waals surface area contributed by atoms with Crippen molar-refractivity contribution in [2.45, 2.75) is 19.9 Å². The monoisotopic (exact) mass is 153 g/mol.